The lowest BCUT2D eigenvalue weighted by Crippen LogP contribution is -2.19. The maximum absolute atomic E-state index is 12.4. The number of hydrogen-bond acceptors (Lipinski definition) is 2. The van der Waals surface area contributed by atoms with E-state index in [-0.39, 0.29) is 16.9 Å². The number of nitrogens with one attached hydrogen (secondary N) is 2. The van der Waals surface area contributed by atoms with Gasteiger partial charge >= 0.3 is 18.2 Å². The standard InChI is InChI=1S/C15H11F3N2O3/c16-15(17,18)10-4-6-11(7-5-10)19-14(23)20-12-3-1-2-9(8-12)13(21)22/h1-8H,(H,21,22)(H2,19,20,23). The van der Waals surface area contributed by atoms with Crippen molar-refractivity contribution < 1.29 is 27.9 Å². The summed E-state index contributed by atoms with van der Waals surface area (Å²) in [6, 6.07) is 8.80. The van der Waals surface area contributed by atoms with E-state index in [1.54, 1.807) is 0 Å². The van der Waals surface area contributed by atoms with Gasteiger partial charge in [0.05, 0.1) is 11.1 Å². The lowest BCUT2D eigenvalue weighted by molar-refractivity contribution is -0.137. The third kappa shape index (κ3) is 4.47. The number of anilines is 2. The Labute approximate surface area is 128 Å². The molecule has 3 N–H and O–H groups in total. The number of carbonyl (C=O) groups is 2. The zero-order valence-corrected chi connectivity index (χ0v) is 11.5. The van der Waals surface area contributed by atoms with E-state index < -0.39 is 23.7 Å². The summed E-state index contributed by atoms with van der Waals surface area (Å²) < 4.78 is 37.3. The Bertz CT molecular complexity index is 727. The lowest BCUT2D eigenvalue weighted by atomic mass is 10.2. The zero-order valence-electron chi connectivity index (χ0n) is 11.5. The van der Waals surface area contributed by atoms with Crippen molar-refractivity contribution in [2.45, 2.75) is 6.18 Å². The van der Waals surface area contributed by atoms with Crippen LogP contribution in [-0.4, -0.2) is 17.1 Å². The molecule has 0 aromatic heterocycles. The number of aromatic carboxylic acids is 1. The molecular weight excluding hydrogens is 313 g/mol. The Hall–Kier alpha value is -3.03. The van der Waals surface area contributed by atoms with Gasteiger partial charge in [0.1, 0.15) is 0 Å². The fourth-order valence-corrected chi connectivity index (χ4v) is 1.77. The number of carboxylic acid groups (broad SMARTS) is 1. The van der Waals surface area contributed by atoms with Crippen molar-refractivity contribution in [3.8, 4) is 0 Å². The number of amides is 2. The van der Waals surface area contributed by atoms with Crippen LogP contribution in [0.15, 0.2) is 48.5 Å². The quantitative estimate of drug-likeness (QED) is 0.797. The molecular formula is C15H11F3N2O3. The van der Waals surface area contributed by atoms with Gasteiger partial charge in [-0.1, -0.05) is 6.07 Å². The van der Waals surface area contributed by atoms with Crippen LogP contribution in [0.5, 0.6) is 0 Å². The smallest absolute Gasteiger partial charge is 0.416 e. The van der Waals surface area contributed by atoms with Crippen LogP contribution in [0.3, 0.4) is 0 Å². The third-order valence-electron chi connectivity index (χ3n) is 2.84. The van der Waals surface area contributed by atoms with Gasteiger partial charge in [-0.3, -0.25) is 0 Å². The van der Waals surface area contributed by atoms with Crippen LogP contribution in [0.1, 0.15) is 15.9 Å². The largest absolute Gasteiger partial charge is 0.478 e. The summed E-state index contributed by atoms with van der Waals surface area (Å²) in [6.45, 7) is 0. The molecule has 0 atom stereocenters. The van der Waals surface area contributed by atoms with Gasteiger partial charge in [0, 0.05) is 11.4 Å². The topological polar surface area (TPSA) is 78.4 Å². The molecule has 0 spiro atoms. The molecule has 0 aliphatic rings. The molecule has 0 saturated heterocycles. The van der Waals surface area contributed by atoms with E-state index in [9.17, 15) is 22.8 Å². The monoisotopic (exact) mass is 324 g/mol. The molecule has 0 unspecified atom stereocenters. The van der Waals surface area contributed by atoms with Crippen LogP contribution in [0.2, 0.25) is 0 Å². The fraction of sp³-hybridized carbons (Fsp3) is 0.0667. The summed E-state index contributed by atoms with van der Waals surface area (Å²) in [6.07, 6.45) is -4.45. The second-order valence-corrected chi connectivity index (χ2v) is 4.54. The summed E-state index contributed by atoms with van der Waals surface area (Å²) in [5.41, 5.74) is -0.408. The molecule has 5 nitrogen and oxygen atoms in total. The summed E-state index contributed by atoms with van der Waals surface area (Å²) in [5, 5.41) is 13.6. The average Bonchev–Trinajstić information content (AvgIpc) is 2.47. The van der Waals surface area contributed by atoms with E-state index in [0.29, 0.717) is 0 Å². The molecule has 0 aliphatic carbocycles. The first-order chi connectivity index (χ1) is 10.8. The Kier molecular flexibility index (Phi) is 4.54. The second kappa shape index (κ2) is 6.39. The normalized spacial score (nSPS) is 10.9. The van der Waals surface area contributed by atoms with Crippen LogP contribution in [-0.2, 0) is 6.18 Å². The van der Waals surface area contributed by atoms with E-state index in [4.69, 9.17) is 5.11 Å². The zero-order chi connectivity index (χ0) is 17.0. The number of urea groups is 1. The number of rotatable bonds is 3. The minimum Gasteiger partial charge on any atom is -0.478 e. The molecule has 0 heterocycles. The van der Waals surface area contributed by atoms with Crippen LogP contribution in [0, 0.1) is 0 Å². The van der Waals surface area contributed by atoms with Gasteiger partial charge in [-0.15, -0.1) is 0 Å². The van der Waals surface area contributed by atoms with Gasteiger partial charge in [0.25, 0.3) is 0 Å². The summed E-state index contributed by atoms with van der Waals surface area (Å²) in [7, 11) is 0. The van der Waals surface area contributed by atoms with Crippen LogP contribution >= 0.6 is 0 Å². The lowest BCUT2D eigenvalue weighted by Gasteiger charge is -2.10. The number of carbonyl (C=O) groups excluding carboxylic acids is 1. The van der Waals surface area contributed by atoms with Crippen LogP contribution < -0.4 is 10.6 Å². The number of carboxylic acids is 1. The molecule has 23 heavy (non-hydrogen) atoms. The first-order valence-electron chi connectivity index (χ1n) is 6.34. The first-order valence-corrected chi connectivity index (χ1v) is 6.34. The predicted molar refractivity (Wildman–Crippen MR) is 77.5 cm³/mol. The highest BCUT2D eigenvalue weighted by molar-refractivity contribution is 6.00. The molecule has 0 bridgehead atoms. The molecule has 8 heteroatoms. The van der Waals surface area contributed by atoms with Crippen molar-refractivity contribution in [2.24, 2.45) is 0 Å². The molecule has 0 fully saturated rings. The Morgan fingerprint density at radius 2 is 1.52 bits per heavy atom. The number of hydrogen-bond donors (Lipinski definition) is 3. The van der Waals surface area contributed by atoms with E-state index in [1.165, 1.54) is 24.3 Å². The van der Waals surface area contributed by atoms with Gasteiger partial charge in [0.2, 0.25) is 0 Å². The van der Waals surface area contributed by atoms with E-state index in [1.807, 2.05) is 0 Å². The summed E-state index contributed by atoms with van der Waals surface area (Å²) >= 11 is 0. The molecule has 2 rings (SSSR count). The van der Waals surface area contributed by atoms with Crippen molar-refractivity contribution in [3.05, 3.63) is 59.7 Å². The van der Waals surface area contributed by atoms with Crippen molar-refractivity contribution in [2.75, 3.05) is 10.6 Å². The molecule has 120 valence electrons. The Morgan fingerprint density at radius 1 is 0.913 bits per heavy atom. The van der Waals surface area contributed by atoms with Gasteiger partial charge < -0.3 is 15.7 Å². The minimum absolute atomic E-state index is 0.00247. The highest BCUT2D eigenvalue weighted by atomic mass is 19.4. The van der Waals surface area contributed by atoms with Crippen molar-refractivity contribution in [1.82, 2.24) is 0 Å². The van der Waals surface area contributed by atoms with Crippen molar-refractivity contribution in [1.29, 1.82) is 0 Å². The van der Waals surface area contributed by atoms with E-state index >= 15 is 0 Å². The third-order valence-corrected chi connectivity index (χ3v) is 2.84. The van der Waals surface area contributed by atoms with E-state index in [0.717, 1.165) is 24.3 Å². The van der Waals surface area contributed by atoms with Gasteiger partial charge in [-0.2, -0.15) is 13.2 Å². The minimum atomic E-state index is -4.45. The average molecular weight is 324 g/mol. The van der Waals surface area contributed by atoms with Gasteiger partial charge in [0.15, 0.2) is 0 Å². The fourth-order valence-electron chi connectivity index (χ4n) is 1.77. The van der Waals surface area contributed by atoms with Crippen molar-refractivity contribution in [3.63, 3.8) is 0 Å². The molecule has 2 amide bonds. The molecule has 2 aromatic rings. The SMILES string of the molecule is O=C(Nc1ccc(C(F)(F)F)cc1)Nc1cccc(C(=O)O)c1. The van der Waals surface area contributed by atoms with Crippen LogP contribution in [0.25, 0.3) is 0 Å². The predicted octanol–water partition coefficient (Wildman–Crippen LogP) is 4.05. The molecule has 0 aliphatic heterocycles. The number of halogens is 3. The van der Waals surface area contributed by atoms with E-state index in [2.05, 4.69) is 10.6 Å². The highest BCUT2D eigenvalue weighted by Crippen LogP contribution is 2.29. The summed E-state index contributed by atoms with van der Waals surface area (Å²) in [5.74, 6) is -1.14. The van der Waals surface area contributed by atoms with Gasteiger partial charge in [-0.05, 0) is 42.5 Å². The van der Waals surface area contributed by atoms with Crippen molar-refractivity contribution >= 4 is 23.4 Å². The number of alkyl halides is 3. The maximum atomic E-state index is 12.4. The summed E-state index contributed by atoms with van der Waals surface area (Å²) in [4.78, 5) is 22.6. The van der Waals surface area contributed by atoms with Crippen LogP contribution in [0.4, 0.5) is 29.3 Å². The molecule has 2 aromatic carbocycles. The second-order valence-electron chi connectivity index (χ2n) is 4.54. The number of benzene rings is 2. The molecule has 0 saturated carbocycles. The first kappa shape index (κ1) is 16.3. The van der Waals surface area contributed by atoms with Gasteiger partial charge in [-0.25, -0.2) is 9.59 Å². The highest BCUT2D eigenvalue weighted by Gasteiger charge is 2.29. The Balaban J connectivity index is 2.02. The molecule has 0 radical (unpaired) electrons. The maximum Gasteiger partial charge on any atom is 0.416 e. The Morgan fingerprint density at radius 3 is 2.09 bits per heavy atom.